The van der Waals surface area contributed by atoms with E-state index in [-0.39, 0.29) is 40.2 Å². The van der Waals surface area contributed by atoms with E-state index in [4.69, 9.17) is 0 Å². The Labute approximate surface area is 152 Å². The molecule has 0 spiro atoms. The van der Waals surface area contributed by atoms with Gasteiger partial charge in [0.15, 0.2) is 15.3 Å². The summed E-state index contributed by atoms with van der Waals surface area (Å²) in [5.41, 5.74) is -1.06. The lowest BCUT2D eigenvalue weighted by Crippen LogP contribution is -2.28. The maximum absolute atomic E-state index is 13.1. The lowest BCUT2D eigenvalue weighted by molar-refractivity contribution is -0.137. The minimum absolute atomic E-state index is 0.00668. The minimum Gasteiger partial charge on any atom is -0.331 e. The second-order valence-corrected chi connectivity index (χ2v) is 8.45. The fraction of sp³-hybridized carbons (Fsp3) is 0.211. The molecule has 1 aromatic heterocycles. The Hall–Kier alpha value is -2.61. The van der Waals surface area contributed by atoms with Crippen LogP contribution in [0.3, 0.4) is 0 Å². The van der Waals surface area contributed by atoms with Crippen molar-refractivity contribution in [3.63, 3.8) is 0 Å². The van der Waals surface area contributed by atoms with Gasteiger partial charge in [0.2, 0.25) is 0 Å². The number of fused-ring (bicyclic) bond motifs is 3. The molecule has 2 heterocycles. The van der Waals surface area contributed by atoms with Gasteiger partial charge in [0, 0.05) is 11.9 Å². The Kier molecular flexibility index (Phi) is 3.92. The highest BCUT2D eigenvalue weighted by molar-refractivity contribution is 7.91. The van der Waals surface area contributed by atoms with Gasteiger partial charge in [-0.1, -0.05) is 30.3 Å². The van der Waals surface area contributed by atoms with Gasteiger partial charge in [-0.2, -0.15) is 13.2 Å². The van der Waals surface area contributed by atoms with Crippen molar-refractivity contribution in [3.8, 4) is 11.1 Å². The van der Waals surface area contributed by atoms with Gasteiger partial charge < -0.3 is 4.57 Å². The van der Waals surface area contributed by atoms with Gasteiger partial charge in [-0.15, -0.1) is 0 Å². The van der Waals surface area contributed by atoms with Crippen LogP contribution in [-0.2, 0) is 22.6 Å². The molecule has 0 radical (unpaired) electrons. The van der Waals surface area contributed by atoms with Gasteiger partial charge in [0.1, 0.15) is 5.03 Å². The number of aromatic nitrogens is 1. The summed E-state index contributed by atoms with van der Waals surface area (Å²) in [5, 5.41) is -0.125. The average Bonchev–Trinajstić information content (AvgIpc) is 2.62. The van der Waals surface area contributed by atoms with Crippen molar-refractivity contribution in [1.82, 2.24) is 4.57 Å². The summed E-state index contributed by atoms with van der Waals surface area (Å²) in [6, 6.07) is 11.2. The van der Waals surface area contributed by atoms with E-state index in [1.165, 1.54) is 4.57 Å². The van der Waals surface area contributed by atoms with Crippen molar-refractivity contribution in [1.29, 1.82) is 0 Å². The third-order valence-corrected chi connectivity index (χ3v) is 6.54. The van der Waals surface area contributed by atoms with Crippen LogP contribution in [0.15, 0.2) is 58.4 Å². The molecule has 0 fully saturated rings. The smallest absolute Gasteiger partial charge is 0.331 e. The SMILES string of the molecule is O=c1c(-c2ccccc2)c2n(c3cc(C(F)(F)F)ccc13)CCCS2(=O)=O. The summed E-state index contributed by atoms with van der Waals surface area (Å²) in [7, 11) is -3.80. The predicted molar refractivity (Wildman–Crippen MR) is 95.3 cm³/mol. The van der Waals surface area contributed by atoms with E-state index >= 15 is 0 Å². The van der Waals surface area contributed by atoms with Crippen molar-refractivity contribution in [2.45, 2.75) is 24.2 Å². The molecule has 0 saturated carbocycles. The molecule has 0 bridgehead atoms. The van der Waals surface area contributed by atoms with Gasteiger partial charge in [-0.25, -0.2) is 8.42 Å². The molecule has 1 aliphatic heterocycles. The zero-order chi connectivity index (χ0) is 19.4. The fourth-order valence-electron chi connectivity index (χ4n) is 3.51. The first-order valence-electron chi connectivity index (χ1n) is 8.26. The van der Waals surface area contributed by atoms with Crippen LogP contribution in [-0.4, -0.2) is 18.7 Å². The predicted octanol–water partition coefficient (Wildman–Crippen LogP) is 3.86. The molecule has 0 amide bonds. The molecule has 0 unspecified atom stereocenters. The zero-order valence-electron chi connectivity index (χ0n) is 14.0. The lowest BCUT2D eigenvalue weighted by Gasteiger charge is -2.25. The molecular formula is C19H14F3NO3S. The normalized spacial score (nSPS) is 16.3. The van der Waals surface area contributed by atoms with Crippen LogP contribution in [0.25, 0.3) is 22.0 Å². The molecule has 0 N–H and O–H groups in total. The van der Waals surface area contributed by atoms with Crippen molar-refractivity contribution in [3.05, 3.63) is 64.3 Å². The lowest BCUT2D eigenvalue weighted by atomic mass is 10.0. The van der Waals surface area contributed by atoms with Gasteiger partial charge >= 0.3 is 6.18 Å². The summed E-state index contributed by atoms with van der Waals surface area (Å²) in [6.07, 6.45) is -4.31. The molecule has 4 rings (SSSR count). The van der Waals surface area contributed by atoms with E-state index in [9.17, 15) is 26.4 Å². The van der Waals surface area contributed by atoms with Crippen LogP contribution in [0.1, 0.15) is 12.0 Å². The molecule has 140 valence electrons. The molecule has 3 aromatic rings. The number of pyridine rings is 1. The van der Waals surface area contributed by atoms with Crippen LogP contribution in [0.2, 0.25) is 0 Å². The van der Waals surface area contributed by atoms with Crippen molar-refractivity contribution in [2.24, 2.45) is 0 Å². The third kappa shape index (κ3) is 2.84. The van der Waals surface area contributed by atoms with E-state index in [1.54, 1.807) is 30.3 Å². The number of hydrogen-bond donors (Lipinski definition) is 0. The van der Waals surface area contributed by atoms with Gasteiger partial charge in [-0.3, -0.25) is 4.79 Å². The summed E-state index contributed by atoms with van der Waals surface area (Å²) in [4.78, 5) is 13.1. The van der Waals surface area contributed by atoms with E-state index < -0.39 is 27.0 Å². The summed E-state index contributed by atoms with van der Waals surface area (Å²) < 4.78 is 66.3. The maximum Gasteiger partial charge on any atom is 0.416 e. The molecule has 0 atom stereocenters. The first kappa shape index (κ1) is 17.8. The summed E-state index contributed by atoms with van der Waals surface area (Å²) in [6.45, 7) is 0.229. The molecule has 4 nitrogen and oxygen atoms in total. The highest BCUT2D eigenvalue weighted by atomic mass is 32.2. The second kappa shape index (κ2) is 5.95. The van der Waals surface area contributed by atoms with Crippen LogP contribution >= 0.6 is 0 Å². The monoisotopic (exact) mass is 393 g/mol. The topological polar surface area (TPSA) is 56.1 Å². The van der Waals surface area contributed by atoms with Gasteiger partial charge in [0.05, 0.1) is 22.4 Å². The van der Waals surface area contributed by atoms with Crippen molar-refractivity contribution >= 4 is 20.7 Å². The van der Waals surface area contributed by atoms with Gasteiger partial charge in [-0.05, 0) is 30.2 Å². The van der Waals surface area contributed by atoms with Crippen LogP contribution < -0.4 is 5.43 Å². The van der Waals surface area contributed by atoms with Crippen LogP contribution in [0.5, 0.6) is 0 Å². The molecule has 0 aliphatic carbocycles. The number of hydrogen-bond acceptors (Lipinski definition) is 3. The number of nitrogens with zero attached hydrogens (tertiary/aromatic N) is 1. The Bertz CT molecular complexity index is 1210. The average molecular weight is 393 g/mol. The number of sulfone groups is 1. The summed E-state index contributed by atoms with van der Waals surface area (Å²) in [5.74, 6) is -0.142. The largest absolute Gasteiger partial charge is 0.416 e. The van der Waals surface area contributed by atoms with Crippen LogP contribution in [0, 0.1) is 0 Å². The Morgan fingerprint density at radius 1 is 1.00 bits per heavy atom. The minimum atomic E-state index is -4.59. The Morgan fingerprint density at radius 2 is 1.70 bits per heavy atom. The number of aryl methyl sites for hydroxylation is 1. The zero-order valence-corrected chi connectivity index (χ0v) is 14.8. The quantitative estimate of drug-likeness (QED) is 0.631. The van der Waals surface area contributed by atoms with E-state index in [2.05, 4.69) is 0 Å². The van der Waals surface area contributed by atoms with Crippen molar-refractivity contribution < 1.29 is 21.6 Å². The Balaban J connectivity index is 2.20. The number of rotatable bonds is 1. The molecule has 27 heavy (non-hydrogen) atoms. The fourth-order valence-corrected chi connectivity index (χ4v) is 5.26. The standard InChI is InChI=1S/C19H14F3NO3S/c20-19(21,22)13-7-8-14-15(11-13)23-9-4-10-27(25,26)18(23)16(17(14)24)12-5-2-1-3-6-12/h1-3,5-8,11H,4,9-10H2. The number of halogens is 3. The molecular weight excluding hydrogens is 379 g/mol. The van der Waals surface area contributed by atoms with E-state index in [0.717, 1.165) is 18.2 Å². The molecule has 1 aliphatic rings. The second-order valence-electron chi connectivity index (χ2n) is 6.43. The third-order valence-electron chi connectivity index (χ3n) is 4.70. The Morgan fingerprint density at radius 3 is 2.37 bits per heavy atom. The van der Waals surface area contributed by atoms with Gasteiger partial charge in [0.25, 0.3) is 0 Å². The van der Waals surface area contributed by atoms with Crippen molar-refractivity contribution in [2.75, 3.05) is 5.75 Å². The maximum atomic E-state index is 13.1. The van der Waals surface area contributed by atoms with Crippen LogP contribution in [0.4, 0.5) is 13.2 Å². The summed E-state index contributed by atoms with van der Waals surface area (Å²) >= 11 is 0. The number of benzene rings is 2. The highest BCUT2D eigenvalue weighted by Gasteiger charge is 2.34. The molecule has 8 heteroatoms. The van der Waals surface area contributed by atoms with E-state index in [0.29, 0.717) is 5.56 Å². The molecule has 0 saturated heterocycles. The first-order chi connectivity index (χ1) is 12.7. The highest BCUT2D eigenvalue weighted by Crippen LogP contribution is 2.35. The number of alkyl halides is 3. The van der Waals surface area contributed by atoms with E-state index in [1.807, 2.05) is 0 Å². The molecule has 2 aromatic carbocycles. The first-order valence-corrected chi connectivity index (χ1v) is 9.91.